The maximum atomic E-state index is 12.5. The number of benzene rings is 1. The molecular formula is C19H28N3O2+. The first-order valence-corrected chi connectivity index (χ1v) is 8.57. The van der Waals surface area contributed by atoms with Crippen molar-refractivity contribution < 1.29 is 14.4 Å². The second-order valence-electron chi connectivity index (χ2n) is 7.15. The zero-order valence-electron chi connectivity index (χ0n) is 15.1. The summed E-state index contributed by atoms with van der Waals surface area (Å²) >= 11 is 0. The van der Waals surface area contributed by atoms with Gasteiger partial charge in [0.25, 0.3) is 5.91 Å². The van der Waals surface area contributed by atoms with Gasteiger partial charge in [0.15, 0.2) is 6.54 Å². The third-order valence-electron chi connectivity index (χ3n) is 4.92. The number of hydrogen-bond donors (Lipinski definition) is 2. The molecule has 1 aromatic carbocycles. The number of nitriles is 1. The number of carbonyl (C=O) groups is 1. The van der Waals surface area contributed by atoms with Crippen LogP contribution < -0.4 is 15.0 Å². The lowest BCUT2D eigenvalue weighted by atomic mass is 9.90. The summed E-state index contributed by atoms with van der Waals surface area (Å²) in [6.45, 7) is 6.91. The summed E-state index contributed by atoms with van der Waals surface area (Å²) in [6, 6.07) is 10.8. The van der Waals surface area contributed by atoms with Crippen LogP contribution in [0.15, 0.2) is 24.3 Å². The molecule has 2 atom stereocenters. The van der Waals surface area contributed by atoms with Gasteiger partial charge in [-0.3, -0.25) is 4.79 Å². The van der Waals surface area contributed by atoms with Crippen molar-refractivity contribution in [2.24, 2.45) is 5.92 Å². The third-order valence-corrected chi connectivity index (χ3v) is 4.92. The molecule has 5 heteroatoms. The van der Waals surface area contributed by atoms with Crippen LogP contribution in [0.2, 0.25) is 0 Å². The van der Waals surface area contributed by atoms with Gasteiger partial charge in [0.2, 0.25) is 0 Å². The van der Waals surface area contributed by atoms with Crippen molar-refractivity contribution in [2.45, 2.75) is 51.7 Å². The molecular weight excluding hydrogens is 302 g/mol. The van der Waals surface area contributed by atoms with Crippen LogP contribution in [0.4, 0.5) is 0 Å². The molecule has 1 saturated carbocycles. The molecule has 2 rings (SSSR count). The molecule has 1 unspecified atom stereocenters. The van der Waals surface area contributed by atoms with E-state index in [-0.39, 0.29) is 11.8 Å². The highest BCUT2D eigenvalue weighted by Gasteiger charge is 2.36. The van der Waals surface area contributed by atoms with Crippen LogP contribution in [0, 0.1) is 17.2 Å². The van der Waals surface area contributed by atoms with E-state index in [2.05, 4.69) is 11.4 Å². The first kappa shape index (κ1) is 18.3. The Balaban J connectivity index is 1.98. The maximum Gasteiger partial charge on any atom is 0.276 e. The van der Waals surface area contributed by atoms with E-state index >= 15 is 0 Å². The zero-order chi connectivity index (χ0) is 17.7. The normalized spacial score (nSPS) is 17.7. The SMILES string of the molecule is COc1ccc(C[NH+](CC(=O)N[C@](C)(C#N)C(C)C)C2CC2)cc1. The van der Waals surface area contributed by atoms with E-state index in [9.17, 15) is 10.1 Å². The summed E-state index contributed by atoms with van der Waals surface area (Å²) < 4.78 is 5.19. The predicted octanol–water partition coefficient (Wildman–Crippen LogP) is 1.30. The topological polar surface area (TPSA) is 66.6 Å². The van der Waals surface area contributed by atoms with Crippen molar-refractivity contribution in [2.75, 3.05) is 13.7 Å². The van der Waals surface area contributed by atoms with E-state index in [0.717, 1.165) is 12.3 Å². The summed E-state index contributed by atoms with van der Waals surface area (Å²) in [5.74, 6) is 0.853. The molecule has 0 radical (unpaired) electrons. The molecule has 1 aliphatic carbocycles. The Morgan fingerprint density at radius 2 is 2.04 bits per heavy atom. The number of amides is 1. The van der Waals surface area contributed by atoms with Gasteiger partial charge in [-0.25, -0.2) is 0 Å². The lowest BCUT2D eigenvalue weighted by Crippen LogP contribution is -3.13. The minimum Gasteiger partial charge on any atom is -0.497 e. The minimum atomic E-state index is -0.814. The van der Waals surface area contributed by atoms with Crippen LogP contribution >= 0.6 is 0 Å². The number of hydrogen-bond acceptors (Lipinski definition) is 3. The highest BCUT2D eigenvalue weighted by molar-refractivity contribution is 5.78. The highest BCUT2D eigenvalue weighted by atomic mass is 16.5. The molecule has 0 bridgehead atoms. The second kappa shape index (κ2) is 7.67. The monoisotopic (exact) mass is 330 g/mol. The van der Waals surface area contributed by atoms with Gasteiger partial charge in [-0.2, -0.15) is 5.26 Å². The zero-order valence-corrected chi connectivity index (χ0v) is 15.1. The lowest BCUT2D eigenvalue weighted by molar-refractivity contribution is -0.917. The van der Waals surface area contributed by atoms with E-state index in [1.165, 1.54) is 23.3 Å². The van der Waals surface area contributed by atoms with Gasteiger partial charge in [-0.1, -0.05) is 13.8 Å². The first-order chi connectivity index (χ1) is 11.4. The van der Waals surface area contributed by atoms with Crippen molar-refractivity contribution in [3.8, 4) is 11.8 Å². The molecule has 1 fully saturated rings. The van der Waals surface area contributed by atoms with E-state index in [1.807, 2.05) is 38.1 Å². The van der Waals surface area contributed by atoms with Crippen molar-refractivity contribution in [1.29, 1.82) is 5.26 Å². The maximum absolute atomic E-state index is 12.5. The molecule has 0 saturated heterocycles. The first-order valence-electron chi connectivity index (χ1n) is 8.57. The Bertz CT molecular complexity index is 602. The van der Waals surface area contributed by atoms with Gasteiger partial charge in [-0.05, 0) is 37.1 Å². The van der Waals surface area contributed by atoms with Gasteiger partial charge in [0.05, 0.1) is 19.2 Å². The van der Waals surface area contributed by atoms with Crippen molar-refractivity contribution in [1.82, 2.24) is 5.32 Å². The van der Waals surface area contributed by atoms with Crippen LogP contribution in [-0.2, 0) is 11.3 Å². The molecule has 2 N–H and O–H groups in total. The molecule has 24 heavy (non-hydrogen) atoms. The molecule has 130 valence electrons. The quantitative estimate of drug-likeness (QED) is 0.755. The number of nitrogens with one attached hydrogen (secondary N) is 2. The largest absolute Gasteiger partial charge is 0.497 e. The Labute approximate surface area is 144 Å². The average Bonchev–Trinajstić information content (AvgIpc) is 3.39. The van der Waals surface area contributed by atoms with Gasteiger partial charge >= 0.3 is 0 Å². The van der Waals surface area contributed by atoms with E-state index in [1.54, 1.807) is 14.0 Å². The number of quaternary nitrogens is 1. The van der Waals surface area contributed by atoms with E-state index < -0.39 is 5.54 Å². The summed E-state index contributed by atoms with van der Waals surface area (Å²) in [7, 11) is 1.65. The fourth-order valence-corrected chi connectivity index (χ4v) is 2.69. The van der Waals surface area contributed by atoms with E-state index in [0.29, 0.717) is 12.6 Å². The number of rotatable bonds is 8. The molecule has 1 aliphatic rings. The fraction of sp³-hybridized carbons (Fsp3) is 0.579. The average molecular weight is 330 g/mol. The molecule has 1 amide bonds. The van der Waals surface area contributed by atoms with Crippen LogP contribution in [0.25, 0.3) is 0 Å². The molecule has 0 spiro atoms. The van der Waals surface area contributed by atoms with Crippen LogP contribution in [-0.4, -0.2) is 31.1 Å². The van der Waals surface area contributed by atoms with Crippen LogP contribution in [0.3, 0.4) is 0 Å². The lowest BCUT2D eigenvalue weighted by Gasteiger charge is -2.28. The van der Waals surface area contributed by atoms with Gasteiger partial charge in [-0.15, -0.1) is 0 Å². The van der Waals surface area contributed by atoms with Crippen LogP contribution in [0.5, 0.6) is 5.75 Å². The third kappa shape index (κ3) is 4.72. The fourth-order valence-electron chi connectivity index (χ4n) is 2.69. The molecule has 0 heterocycles. The Hall–Kier alpha value is -2.06. The second-order valence-corrected chi connectivity index (χ2v) is 7.15. The van der Waals surface area contributed by atoms with Crippen molar-refractivity contribution in [3.05, 3.63) is 29.8 Å². The Kier molecular flexibility index (Phi) is 5.84. The van der Waals surface area contributed by atoms with Gasteiger partial charge in [0, 0.05) is 18.4 Å². The van der Waals surface area contributed by atoms with Crippen molar-refractivity contribution in [3.63, 3.8) is 0 Å². The minimum absolute atomic E-state index is 0.0526. The summed E-state index contributed by atoms with van der Waals surface area (Å²) in [5.41, 5.74) is 0.378. The van der Waals surface area contributed by atoms with Crippen LogP contribution in [0.1, 0.15) is 39.2 Å². The molecule has 5 nitrogen and oxygen atoms in total. The van der Waals surface area contributed by atoms with E-state index in [4.69, 9.17) is 4.74 Å². The standard InChI is InChI=1S/C19H27N3O2/c1-14(2)19(3,13-20)21-18(23)12-22(16-7-8-16)11-15-5-9-17(24-4)10-6-15/h5-6,9-10,14,16H,7-8,11-12H2,1-4H3,(H,21,23)/p+1/t19-/m1/s1. The Morgan fingerprint density at radius 3 is 2.50 bits per heavy atom. The van der Waals surface area contributed by atoms with Crippen molar-refractivity contribution >= 4 is 5.91 Å². The molecule has 0 aromatic heterocycles. The molecule has 1 aromatic rings. The summed E-state index contributed by atoms with van der Waals surface area (Å²) in [6.07, 6.45) is 2.33. The predicted molar refractivity (Wildman–Crippen MR) is 92.5 cm³/mol. The number of ether oxygens (including phenoxy) is 1. The number of methoxy groups -OCH3 is 1. The summed E-state index contributed by atoms with van der Waals surface area (Å²) in [5, 5.41) is 12.3. The number of carbonyl (C=O) groups excluding carboxylic acids is 1. The van der Waals surface area contributed by atoms with Gasteiger partial charge < -0.3 is 15.0 Å². The highest BCUT2D eigenvalue weighted by Crippen LogP contribution is 2.17. The summed E-state index contributed by atoms with van der Waals surface area (Å²) in [4.78, 5) is 13.7. The molecule has 0 aliphatic heterocycles. The smallest absolute Gasteiger partial charge is 0.276 e. The van der Waals surface area contributed by atoms with Gasteiger partial charge in [0.1, 0.15) is 17.8 Å². The number of nitrogens with zero attached hydrogens (tertiary/aromatic N) is 1. The Morgan fingerprint density at radius 1 is 1.42 bits per heavy atom.